The van der Waals surface area contributed by atoms with Gasteiger partial charge in [-0.2, -0.15) is 0 Å². The molecular weight excluding hydrogens is 276 g/mol. The number of benzene rings is 2. The van der Waals surface area contributed by atoms with Gasteiger partial charge in [-0.1, -0.05) is 35.9 Å². The van der Waals surface area contributed by atoms with Crippen LogP contribution in [-0.4, -0.2) is 11.1 Å². The maximum absolute atomic E-state index is 11.2. The SMILES string of the molecule is Cc1ccc(-c2cc3cccc(Cl)c3o2)cc1C(=O)O. The second kappa shape index (κ2) is 4.69. The second-order valence-corrected chi connectivity index (χ2v) is 5.01. The Morgan fingerprint density at radius 2 is 2.00 bits per heavy atom. The summed E-state index contributed by atoms with van der Waals surface area (Å²) in [6.45, 7) is 1.77. The minimum Gasteiger partial charge on any atom is -0.478 e. The van der Waals surface area contributed by atoms with Crippen molar-refractivity contribution in [1.29, 1.82) is 0 Å². The van der Waals surface area contributed by atoms with Crippen molar-refractivity contribution in [2.75, 3.05) is 0 Å². The minimum atomic E-state index is -0.946. The molecule has 0 radical (unpaired) electrons. The van der Waals surface area contributed by atoms with Crippen LogP contribution in [-0.2, 0) is 0 Å². The molecule has 4 heteroatoms. The number of fused-ring (bicyclic) bond motifs is 1. The molecule has 0 aliphatic carbocycles. The normalized spacial score (nSPS) is 10.9. The van der Waals surface area contributed by atoms with Crippen molar-refractivity contribution < 1.29 is 14.3 Å². The van der Waals surface area contributed by atoms with Gasteiger partial charge in [-0.3, -0.25) is 0 Å². The quantitative estimate of drug-likeness (QED) is 0.739. The number of rotatable bonds is 2. The lowest BCUT2D eigenvalue weighted by Gasteiger charge is -2.03. The molecule has 1 heterocycles. The number of carbonyl (C=O) groups is 1. The van der Waals surface area contributed by atoms with Crippen LogP contribution < -0.4 is 0 Å². The monoisotopic (exact) mass is 286 g/mol. The Morgan fingerprint density at radius 1 is 1.20 bits per heavy atom. The first-order chi connectivity index (χ1) is 9.56. The van der Waals surface area contributed by atoms with Gasteiger partial charge >= 0.3 is 5.97 Å². The number of carboxylic acid groups (broad SMARTS) is 1. The van der Waals surface area contributed by atoms with Crippen LogP contribution in [0.15, 0.2) is 46.9 Å². The van der Waals surface area contributed by atoms with E-state index in [0.717, 1.165) is 16.5 Å². The zero-order valence-electron chi connectivity index (χ0n) is 10.7. The molecule has 0 saturated heterocycles. The van der Waals surface area contributed by atoms with Gasteiger partial charge in [0.25, 0.3) is 0 Å². The highest BCUT2D eigenvalue weighted by Crippen LogP contribution is 2.32. The summed E-state index contributed by atoms with van der Waals surface area (Å²) in [6.07, 6.45) is 0. The third kappa shape index (κ3) is 2.06. The van der Waals surface area contributed by atoms with E-state index in [1.165, 1.54) is 0 Å². The number of hydrogen-bond acceptors (Lipinski definition) is 2. The predicted octanol–water partition coefficient (Wildman–Crippen LogP) is 4.76. The average Bonchev–Trinajstić information content (AvgIpc) is 2.84. The van der Waals surface area contributed by atoms with Crippen LogP contribution >= 0.6 is 11.6 Å². The Balaban J connectivity index is 2.18. The molecule has 0 atom stereocenters. The summed E-state index contributed by atoms with van der Waals surface area (Å²) in [6, 6.07) is 12.6. The number of aromatic carboxylic acids is 1. The van der Waals surface area contributed by atoms with Gasteiger partial charge in [0.1, 0.15) is 5.76 Å². The van der Waals surface area contributed by atoms with Crippen LogP contribution in [0, 0.1) is 6.92 Å². The fourth-order valence-corrected chi connectivity index (χ4v) is 2.40. The molecule has 0 aliphatic rings. The lowest BCUT2D eigenvalue weighted by atomic mass is 10.0. The summed E-state index contributed by atoms with van der Waals surface area (Å²) in [7, 11) is 0. The van der Waals surface area contributed by atoms with Crippen LogP contribution in [0.5, 0.6) is 0 Å². The number of carboxylic acids is 1. The molecule has 0 fully saturated rings. The topological polar surface area (TPSA) is 50.4 Å². The summed E-state index contributed by atoms with van der Waals surface area (Å²) in [5, 5.41) is 10.6. The number of aryl methyl sites for hydroxylation is 1. The average molecular weight is 287 g/mol. The van der Waals surface area contributed by atoms with Gasteiger partial charge < -0.3 is 9.52 Å². The van der Waals surface area contributed by atoms with E-state index in [9.17, 15) is 4.79 Å². The van der Waals surface area contributed by atoms with E-state index in [-0.39, 0.29) is 5.56 Å². The van der Waals surface area contributed by atoms with Crippen LogP contribution in [0.1, 0.15) is 15.9 Å². The fourth-order valence-electron chi connectivity index (χ4n) is 2.18. The van der Waals surface area contributed by atoms with Crippen molar-refractivity contribution in [3.63, 3.8) is 0 Å². The third-order valence-corrected chi connectivity index (χ3v) is 3.55. The maximum atomic E-state index is 11.2. The van der Waals surface area contributed by atoms with E-state index in [1.807, 2.05) is 24.3 Å². The summed E-state index contributed by atoms with van der Waals surface area (Å²) >= 11 is 6.08. The van der Waals surface area contributed by atoms with Gasteiger partial charge in [0, 0.05) is 10.9 Å². The molecule has 0 unspecified atom stereocenters. The first-order valence-electron chi connectivity index (χ1n) is 6.08. The van der Waals surface area contributed by atoms with E-state index in [0.29, 0.717) is 16.4 Å². The molecule has 100 valence electrons. The highest BCUT2D eigenvalue weighted by atomic mass is 35.5. The Bertz CT molecular complexity index is 818. The van der Waals surface area contributed by atoms with E-state index in [4.69, 9.17) is 21.1 Å². The van der Waals surface area contributed by atoms with Crippen molar-refractivity contribution in [3.05, 3.63) is 58.6 Å². The van der Waals surface area contributed by atoms with E-state index in [2.05, 4.69) is 0 Å². The number of hydrogen-bond donors (Lipinski definition) is 1. The first-order valence-corrected chi connectivity index (χ1v) is 6.46. The largest absolute Gasteiger partial charge is 0.478 e. The van der Waals surface area contributed by atoms with Gasteiger partial charge in [-0.05, 0) is 30.7 Å². The van der Waals surface area contributed by atoms with Gasteiger partial charge in [-0.25, -0.2) is 4.79 Å². The zero-order valence-corrected chi connectivity index (χ0v) is 11.4. The molecule has 0 aliphatic heterocycles. The molecule has 3 nitrogen and oxygen atoms in total. The van der Waals surface area contributed by atoms with Gasteiger partial charge in [-0.15, -0.1) is 0 Å². The zero-order chi connectivity index (χ0) is 14.3. The first kappa shape index (κ1) is 12.8. The van der Waals surface area contributed by atoms with Crippen molar-refractivity contribution >= 4 is 28.5 Å². The highest BCUT2D eigenvalue weighted by Gasteiger charge is 2.12. The maximum Gasteiger partial charge on any atom is 0.335 e. The molecule has 0 bridgehead atoms. The van der Waals surface area contributed by atoms with Crippen molar-refractivity contribution in [1.82, 2.24) is 0 Å². The molecule has 1 N–H and O–H groups in total. The predicted molar refractivity (Wildman–Crippen MR) is 78.4 cm³/mol. The Kier molecular flexibility index (Phi) is 2.99. The van der Waals surface area contributed by atoms with Crippen molar-refractivity contribution in [2.24, 2.45) is 0 Å². The summed E-state index contributed by atoms with van der Waals surface area (Å²) in [5.41, 5.74) is 2.33. The number of para-hydroxylation sites is 1. The van der Waals surface area contributed by atoms with Crippen molar-refractivity contribution in [2.45, 2.75) is 6.92 Å². The number of halogens is 1. The van der Waals surface area contributed by atoms with E-state index >= 15 is 0 Å². The minimum absolute atomic E-state index is 0.272. The van der Waals surface area contributed by atoms with Crippen LogP contribution in [0.2, 0.25) is 5.02 Å². The van der Waals surface area contributed by atoms with E-state index < -0.39 is 5.97 Å². The molecule has 0 amide bonds. The second-order valence-electron chi connectivity index (χ2n) is 4.60. The smallest absolute Gasteiger partial charge is 0.335 e. The molecule has 1 aromatic heterocycles. The molecule has 2 aromatic carbocycles. The van der Waals surface area contributed by atoms with Gasteiger partial charge in [0.2, 0.25) is 0 Å². The molecule has 0 saturated carbocycles. The lowest BCUT2D eigenvalue weighted by Crippen LogP contribution is -1.99. The Labute approximate surface area is 120 Å². The lowest BCUT2D eigenvalue weighted by molar-refractivity contribution is 0.0696. The summed E-state index contributed by atoms with van der Waals surface area (Å²) < 4.78 is 5.73. The fraction of sp³-hybridized carbons (Fsp3) is 0.0625. The molecule has 0 spiro atoms. The molecule has 3 aromatic rings. The molecular formula is C16H11ClO3. The van der Waals surface area contributed by atoms with Crippen LogP contribution in [0.25, 0.3) is 22.3 Å². The Morgan fingerprint density at radius 3 is 2.70 bits per heavy atom. The summed E-state index contributed by atoms with van der Waals surface area (Å²) in [4.78, 5) is 11.2. The van der Waals surface area contributed by atoms with Crippen LogP contribution in [0.4, 0.5) is 0 Å². The summed E-state index contributed by atoms with van der Waals surface area (Å²) in [5.74, 6) is -0.339. The molecule has 3 rings (SSSR count). The molecule has 20 heavy (non-hydrogen) atoms. The van der Waals surface area contributed by atoms with Crippen molar-refractivity contribution in [3.8, 4) is 11.3 Å². The number of furan rings is 1. The van der Waals surface area contributed by atoms with E-state index in [1.54, 1.807) is 25.1 Å². The third-order valence-electron chi connectivity index (χ3n) is 3.25. The van der Waals surface area contributed by atoms with Gasteiger partial charge in [0.05, 0.1) is 10.6 Å². The Hall–Kier alpha value is -2.26. The van der Waals surface area contributed by atoms with Gasteiger partial charge in [0.15, 0.2) is 5.58 Å². The highest BCUT2D eigenvalue weighted by molar-refractivity contribution is 6.34. The standard InChI is InChI=1S/C16H11ClO3/c1-9-5-6-10(7-12(9)16(18)19)14-8-11-3-2-4-13(17)15(11)20-14/h2-8H,1H3,(H,18,19). The van der Waals surface area contributed by atoms with Crippen LogP contribution in [0.3, 0.4) is 0 Å².